The lowest BCUT2D eigenvalue weighted by Gasteiger charge is -2.26. The number of hydrogen-bond acceptors (Lipinski definition) is 4. The Morgan fingerprint density at radius 1 is 1.09 bits per heavy atom. The molecular formula is C25H38IN5O2. The number of halogens is 1. The summed E-state index contributed by atoms with van der Waals surface area (Å²) in [4.78, 5) is 19.3. The number of aromatic nitrogens is 1. The number of guanidine groups is 1. The van der Waals surface area contributed by atoms with Crippen LogP contribution in [-0.2, 0) is 13.1 Å². The van der Waals surface area contributed by atoms with Crippen molar-refractivity contribution in [3.05, 3.63) is 52.9 Å². The predicted octanol–water partition coefficient (Wildman–Crippen LogP) is 5.08. The molecule has 1 aromatic heterocycles. The first-order chi connectivity index (χ1) is 15.6. The molecule has 2 N–H and O–H groups in total. The summed E-state index contributed by atoms with van der Waals surface area (Å²) in [7, 11) is 0. The molecule has 182 valence electrons. The molecule has 2 heterocycles. The molecule has 1 aromatic carbocycles. The van der Waals surface area contributed by atoms with E-state index in [2.05, 4.69) is 34.6 Å². The smallest absolute Gasteiger partial charge is 0.253 e. The fourth-order valence-electron chi connectivity index (χ4n) is 4.03. The van der Waals surface area contributed by atoms with E-state index in [1.165, 1.54) is 6.42 Å². The highest BCUT2D eigenvalue weighted by atomic mass is 127. The average molecular weight is 568 g/mol. The Labute approximate surface area is 214 Å². The lowest BCUT2D eigenvalue weighted by Crippen LogP contribution is -2.36. The van der Waals surface area contributed by atoms with Crippen molar-refractivity contribution in [2.45, 2.75) is 71.9 Å². The molecule has 33 heavy (non-hydrogen) atoms. The largest absolute Gasteiger partial charge is 0.359 e. The van der Waals surface area contributed by atoms with E-state index in [9.17, 15) is 4.79 Å². The van der Waals surface area contributed by atoms with E-state index in [0.717, 1.165) is 73.9 Å². The Bertz CT molecular complexity index is 871. The summed E-state index contributed by atoms with van der Waals surface area (Å²) >= 11 is 0. The molecule has 1 amide bonds. The minimum atomic E-state index is 0. The highest BCUT2D eigenvalue weighted by Crippen LogP contribution is 2.22. The number of piperidine rings is 1. The van der Waals surface area contributed by atoms with Crippen molar-refractivity contribution in [3.8, 4) is 0 Å². The van der Waals surface area contributed by atoms with Gasteiger partial charge in [0.15, 0.2) is 11.7 Å². The Morgan fingerprint density at radius 3 is 2.42 bits per heavy atom. The molecule has 1 aliphatic heterocycles. The van der Waals surface area contributed by atoms with Crippen molar-refractivity contribution < 1.29 is 9.32 Å². The van der Waals surface area contributed by atoms with Crippen LogP contribution in [0.1, 0.15) is 86.2 Å². The molecular weight excluding hydrogens is 529 g/mol. The summed E-state index contributed by atoms with van der Waals surface area (Å²) in [5.41, 5.74) is 2.84. The Kier molecular flexibility index (Phi) is 11.7. The van der Waals surface area contributed by atoms with Gasteiger partial charge in [-0.05, 0) is 56.7 Å². The van der Waals surface area contributed by atoms with Gasteiger partial charge in [0.1, 0.15) is 0 Å². The minimum Gasteiger partial charge on any atom is -0.359 e. The first-order valence-corrected chi connectivity index (χ1v) is 12.0. The highest BCUT2D eigenvalue weighted by Gasteiger charge is 2.18. The number of carbonyl (C=O) groups is 1. The lowest BCUT2D eigenvalue weighted by atomic mass is 9.99. The van der Waals surface area contributed by atoms with Gasteiger partial charge in [-0.3, -0.25) is 4.79 Å². The molecule has 0 atom stereocenters. The number of amides is 1. The number of nitrogens with one attached hydrogen (secondary N) is 2. The van der Waals surface area contributed by atoms with Gasteiger partial charge < -0.3 is 20.1 Å². The van der Waals surface area contributed by atoms with E-state index in [1.807, 2.05) is 42.2 Å². The second kappa shape index (κ2) is 14.2. The van der Waals surface area contributed by atoms with Crippen LogP contribution < -0.4 is 10.6 Å². The molecule has 0 radical (unpaired) electrons. The number of likely N-dealkylation sites (tertiary alicyclic amines) is 1. The molecule has 0 saturated carbocycles. The monoisotopic (exact) mass is 567 g/mol. The zero-order chi connectivity index (χ0) is 22.8. The van der Waals surface area contributed by atoms with Crippen molar-refractivity contribution in [1.29, 1.82) is 0 Å². The number of aliphatic imine (C=N–C) groups is 1. The number of nitrogens with zero attached hydrogens (tertiary/aromatic N) is 3. The van der Waals surface area contributed by atoms with Crippen LogP contribution in [0.15, 0.2) is 39.8 Å². The third-order valence-electron chi connectivity index (χ3n) is 6.02. The van der Waals surface area contributed by atoms with Crippen molar-refractivity contribution in [3.63, 3.8) is 0 Å². The van der Waals surface area contributed by atoms with Crippen LogP contribution in [0.25, 0.3) is 0 Å². The SMILES string of the molecule is CCNC(=NCc1ccc(C(=O)N2CCCCC2)cc1)NCc1cc(C(CC)CC)no1.I. The summed E-state index contributed by atoms with van der Waals surface area (Å²) in [5.74, 6) is 2.10. The number of benzene rings is 1. The molecule has 1 fully saturated rings. The quantitative estimate of drug-likeness (QED) is 0.251. The predicted molar refractivity (Wildman–Crippen MR) is 143 cm³/mol. The van der Waals surface area contributed by atoms with Gasteiger partial charge in [-0.1, -0.05) is 31.1 Å². The number of rotatable bonds is 9. The van der Waals surface area contributed by atoms with Gasteiger partial charge in [-0.25, -0.2) is 4.99 Å². The summed E-state index contributed by atoms with van der Waals surface area (Å²) in [6, 6.07) is 9.84. The van der Waals surface area contributed by atoms with Crippen molar-refractivity contribution in [2.75, 3.05) is 19.6 Å². The van der Waals surface area contributed by atoms with Crippen molar-refractivity contribution >= 4 is 35.8 Å². The van der Waals surface area contributed by atoms with Crippen LogP contribution in [0.3, 0.4) is 0 Å². The molecule has 0 aliphatic carbocycles. The van der Waals surface area contributed by atoms with E-state index in [4.69, 9.17) is 4.52 Å². The molecule has 0 spiro atoms. The molecule has 8 heteroatoms. The van der Waals surface area contributed by atoms with Crippen LogP contribution in [0, 0.1) is 0 Å². The van der Waals surface area contributed by atoms with Crippen LogP contribution in [0.2, 0.25) is 0 Å². The number of hydrogen-bond donors (Lipinski definition) is 2. The van der Waals surface area contributed by atoms with Gasteiger partial charge in [0.25, 0.3) is 5.91 Å². The maximum absolute atomic E-state index is 12.6. The highest BCUT2D eigenvalue weighted by molar-refractivity contribution is 14.0. The maximum atomic E-state index is 12.6. The summed E-state index contributed by atoms with van der Waals surface area (Å²) in [6.07, 6.45) is 5.54. The van der Waals surface area contributed by atoms with E-state index in [1.54, 1.807) is 0 Å². The van der Waals surface area contributed by atoms with E-state index in [0.29, 0.717) is 19.0 Å². The summed E-state index contributed by atoms with van der Waals surface area (Å²) in [5, 5.41) is 10.8. The molecule has 1 aliphatic rings. The zero-order valence-electron chi connectivity index (χ0n) is 20.1. The Morgan fingerprint density at radius 2 is 1.79 bits per heavy atom. The van der Waals surface area contributed by atoms with E-state index in [-0.39, 0.29) is 29.9 Å². The van der Waals surface area contributed by atoms with Gasteiger partial charge in [-0.2, -0.15) is 0 Å². The van der Waals surface area contributed by atoms with Crippen LogP contribution >= 0.6 is 24.0 Å². The second-order valence-electron chi connectivity index (χ2n) is 8.33. The van der Waals surface area contributed by atoms with Crippen molar-refractivity contribution in [1.82, 2.24) is 20.7 Å². The lowest BCUT2D eigenvalue weighted by molar-refractivity contribution is 0.0724. The zero-order valence-corrected chi connectivity index (χ0v) is 22.4. The normalized spacial score (nSPS) is 14.2. The first kappa shape index (κ1) is 27.1. The van der Waals surface area contributed by atoms with Gasteiger partial charge in [0, 0.05) is 37.2 Å². The van der Waals surface area contributed by atoms with Crippen LogP contribution in [-0.4, -0.2) is 41.6 Å². The Balaban J connectivity index is 0.00000385. The van der Waals surface area contributed by atoms with Gasteiger partial charge in [-0.15, -0.1) is 24.0 Å². The topological polar surface area (TPSA) is 82.8 Å². The molecule has 3 rings (SSSR count). The molecule has 0 bridgehead atoms. The van der Waals surface area contributed by atoms with Crippen LogP contribution in [0.5, 0.6) is 0 Å². The van der Waals surface area contributed by atoms with Crippen molar-refractivity contribution in [2.24, 2.45) is 4.99 Å². The molecule has 2 aromatic rings. The summed E-state index contributed by atoms with van der Waals surface area (Å²) < 4.78 is 5.49. The fraction of sp³-hybridized carbons (Fsp3) is 0.560. The van der Waals surface area contributed by atoms with Gasteiger partial charge in [0.05, 0.1) is 18.8 Å². The summed E-state index contributed by atoms with van der Waals surface area (Å²) in [6.45, 7) is 9.95. The third kappa shape index (κ3) is 8.01. The second-order valence-corrected chi connectivity index (χ2v) is 8.33. The standard InChI is InChI=1S/C25H37N5O2.HI/c1-4-20(5-2)23-16-22(32-29-23)18-28-25(26-6-3)27-17-19-10-12-21(13-11-19)24(31)30-14-8-7-9-15-30;/h10-13,16,20H,4-9,14-15,17-18H2,1-3H3,(H2,26,27,28);1H. The average Bonchev–Trinajstić information content (AvgIpc) is 3.31. The third-order valence-corrected chi connectivity index (χ3v) is 6.02. The van der Waals surface area contributed by atoms with Gasteiger partial charge in [0.2, 0.25) is 0 Å². The minimum absolute atomic E-state index is 0. The molecule has 7 nitrogen and oxygen atoms in total. The van der Waals surface area contributed by atoms with Gasteiger partial charge >= 0.3 is 0 Å². The maximum Gasteiger partial charge on any atom is 0.253 e. The first-order valence-electron chi connectivity index (χ1n) is 12.0. The Hall–Kier alpha value is -2.10. The molecule has 0 unspecified atom stereocenters. The number of carbonyl (C=O) groups excluding carboxylic acids is 1. The van der Waals surface area contributed by atoms with E-state index >= 15 is 0 Å². The van der Waals surface area contributed by atoms with Crippen LogP contribution in [0.4, 0.5) is 0 Å². The fourth-order valence-corrected chi connectivity index (χ4v) is 4.03. The molecule has 1 saturated heterocycles. The van der Waals surface area contributed by atoms with E-state index < -0.39 is 0 Å².